The van der Waals surface area contributed by atoms with Gasteiger partial charge in [0, 0.05) is 13.6 Å². The molecule has 19 heavy (non-hydrogen) atoms. The molecule has 3 N–H and O–H groups in total. The quantitative estimate of drug-likeness (QED) is 0.875. The molecular weight excluding hydrogens is 264 g/mol. The molecule has 2 heterocycles. The Morgan fingerprint density at radius 3 is 3.05 bits per heavy atom. The largest absolute Gasteiger partial charge is 0.467 e. The van der Waals surface area contributed by atoms with Gasteiger partial charge >= 0.3 is 0 Å². The molecule has 0 atom stereocenters. The third-order valence-corrected chi connectivity index (χ3v) is 3.51. The summed E-state index contributed by atoms with van der Waals surface area (Å²) in [5.74, 6) is 0.832. The highest BCUT2D eigenvalue weighted by molar-refractivity contribution is 7.18. The minimum absolute atomic E-state index is 0.157. The summed E-state index contributed by atoms with van der Waals surface area (Å²) < 4.78 is 5.21. The van der Waals surface area contributed by atoms with Crippen molar-refractivity contribution in [3.05, 3.63) is 29.0 Å². The van der Waals surface area contributed by atoms with Gasteiger partial charge in [-0.2, -0.15) is 0 Å². The Kier molecular flexibility index (Phi) is 4.06. The maximum Gasteiger partial charge on any atom is 0.268 e. The van der Waals surface area contributed by atoms with Crippen molar-refractivity contribution in [2.75, 3.05) is 24.6 Å². The van der Waals surface area contributed by atoms with Crippen LogP contribution in [0.2, 0.25) is 0 Å². The maximum absolute atomic E-state index is 12.3. The van der Waals surface area contributed by atoms with Crippen LogP contribution in [0.5, 0.6) is 0 Å². The van der Waals surface area contributed by atoms with E-state index in [1.165, 1.54) is 11.3 Å². The summed E-state index contributed by atoms with van der Waals surface area (Å²) >= 11 is 1.26. The highest BCUT2D eigenvalue weighted by Crippen LogP contribution is 2.26. The number of aromatic nitrogens is 1. The molecule has 102 valence electrons. The molecule has 0 aromatic carbocycles. The fourth-order valence-electron chi connectivity index (χ4n) is 1.59. The maximum atomic E-state index is 12.3. The number of anilines is 2. The van der Waals surface area contributed by atoms with Crippen molar-refractivity contribution >= 4 is 28.2 Å². The van der Waals surface area contributed by atoms with E-state index in [0.717, 1.165) is 12.3 Å². The summed E-state index contributed by atoms with van der Waals surface area (Å²) in [4.78, 5) is 18.4. The van der Waals surface area contributed by atoms with Gasteiger partial charge in [0.05, 0.1) is 12.8 Å². The molecule has 0 bridgehead atoms. The average molecular weight is 280 g/mol. The monoisotopic (exact) mass is 280 g/mol. The highest BCUT2D eigenvalue weighted by Gasteiger charge is 2.20. The van der Waals surface area contributed by atoms with Gasteiger partial charge in [-0.15, -0.1) is 0 Å². The fraction of sp³-hybridized carbons (Fsp3) is 0.333. The van der Waals surface area contributed by atoms with Crippen LogP contribution in [0.25, 0.3) is 0 Å². The van der Waals surface area contributed by atoms with Crippen molar-refractivity contribution in [3.8, 4) is 0 Å². The topological polar surface area (TPSA) is 84.4 Å². The standard InChI is InChI=1S/C12H16N4O2S/c1-3-14-12-15-10(13)9(19-12)11(17)16(2)7-8-5-4-6-18-8/h4-6H,3,7,13H2,1-2H3,(H,14,15). The number of nitrogen functional groups attached to an aromatic ring is 1. The van der Waals surface area contributed by atoms with E-state index in [1.54, 1.807) is 24.3 Å². The van der Waals surface area contributed by atoms with Crippen LogP contribution in [0.4, 0.5) is 10.9 Å². The molecule has 0 aliphatic heterocycles. The number of furan rings is 1. The minimum atomic E-state index is -0.157. The molecule has 6 nitrogen and oxygen atoms in total. The Balaban J connectivity index is 2.10. The lowest BCUT2D eigenvalue weighted by Gasteiger charge is -2.14. The number of hydrogen-bond donors (Lipinski definition) is 2. The van der Waals surface area contributed by atoms with E-state index in [1.807, 2.05) is 13.0 Å². The van der Waals surface area contributed by atoms with Crippen LogP contribution >= 0.6 is 11.3 Å². The zero-order valence-corrected chi connectivity index (χ0v) is 11.7. The van der Waals surface area contributed by atoms with Gasteiger partial charge in [-0.25, -0.2) is 4.98 Å². The number of rotatable bonds is 5. The first-order valence-electron chi connectivity index (χ1n) is 5.89. The molecule has 1 amide bonds. The lowest BCUT2D eigenvalue weighted by molar-refractivity contribution is 0.0781. The van der Waals surface area contributed by atoms with Gasteiger partial charge in [0.25, 0.3) is 5.91 Å². The molecule has 0 radical (unpaired) electrons. The van der Waals surface area contributed by atoms with Crippen LogP contribution in [-0.2, 0) is 6.54 Å². The van der Waals surface area contributed by atoms with Gasteiger partial charge in [0.2, 0.25) is 0 Å². The van der Waals surface area contributed by atoms with Crippen LogP contribution in [0.1, 0.15) is 22.4 Å². The zero-order chi connectivity index (χ0) is 13.8. The zero-order valence-electron chi connectivity index (χ0n) is 10.8. The summed E-state index contributed by atoms with van der Waals surface area (Å²) in [6, 6.07) is 3.61. The summed E-state index contributed by atoms with van der Waals surface area (Å²) in [5.41, 5.74) is 5.77. The number of carbonyl (C=O) groups is 1. The van der Waals surface area contributed by atoms with Crippen LogP contribution in [0.15, 0.2) is 22.8 Å². The number of thiazole rings is 1. The summed E-state index contributed by atoms with van der Waals surface area (Å²) in [6.45, 7) is 3.10. The lowest BCUT2D eigenvalue weighted by Crippen LogP contribution is -2.25. The molecule has 7 heteroatoms. The van der Waals surface area contributed by atoms with E-state index in [4.69, 9.17) is 10.2 Å². The molecule has 2 rings (SSSR count). The Labute approximate surface area is 115 Å². The summed E-state index contributed by atoms with van der Waals surface area (Å²) in [7, 11) is 1.71. The van der Waals surface area contributed by atoms with Gasteiger partial charge < -0.3 is 20.4 Å². The first kappa shape index (κ1) is 13.4. The second kappa shape index (κ2) is 5.75. The molecule has 0 saturated carbocycles. The van der Waals surface area contributed by atoms with E-state index in [9.17, 15) is 4.79 Å². The number of hydrogen-bond acceptors (Lipinski definition) is 6. The van der Waals surface area contributed by atoms with Gasteiger partial charge in [-0.1, -0.05) is 11.3 Å². The summed E-state index contributed by atoms with van der Waals surface area (Å²) in [5, 5.41) is 3.71. The van der Waals surface area contributed by atoms with Crippen LogP contribution in [-0.4, -0.2) is 29.4 Å². The van der Waals surface area contributed by atoms with E-state index >= 15 is 0 Å². The Hall–Kier alpha value is -2.02. The van der Waals surface area contributed by atoms with Crippen molar-refractivity contribution in [1.82, 2.24) is 9.88 Å². The second-order valence-corrected chi connectivity index (χ2v) is 5.00. The minimum Gasteiger partial charge on any atom is -0.467 e. The third kappa shape index (κ3) is 3.05. The van der Waals surface area contributed by atoms with Crippen LogP contribution < -0.4 is 11.1 Å². The molecule has 0 unspecified atom stereocenters. The third-order valence-electron chi connectivity index (χ3n) is 2.50. The predicted octanol–water partition coefficient (Wildman–Crippen LogP) is 2.02. The predicted molar refractivity (Wildman–Crippen MR) is 75.2 cm³/mol. The van der Waals surface area contributed by atoms with Gasteiger partial charge in [-0.05, 0) is 19.1 Å². The number of nitrogens with zero attached hydrogens (tertiary/aromatic N) is 2. The molecule has 0 spiro atoms. The molecule has 2 aromatic heterocycles. The van der Waals surface area contributed by atoms with Crippen molar-refractivity contribution in [3.63, 3.8) is 0 Å². The number of carbonyl (C=O) groups excluding carboxylic acids is 1. The highest BCUT2D eigenvalue weighted by atomic mass is 32.1. The second-order valence-electron chi connectivity index (χ2n) is 4.00. The SMILES string of the molecule is CCNc1nc(N)c(C(=O)N(C)Cc2ccco2)s1. The van der Waals surface area contributed by atoms with E-state index in [0.29, 0.717) is 16.6 Å². The average Bonchev–Trinajstić information content (AvgIpc) is 2.99. The van der Waals surface area contributed by atoms with Crippen LogP contribution in [0.3, 0.4) is 0 Å². The molecule has 2 aromatic rings. The van der Waals surface area contributed by atoms with Gasteiger partial charge in [0.15, 0.2) is 5.13 Å². The first-order chi connectivity index (χ1) is 9.11. The Morgan fingerprint density at radius 2 is 2.42 bits per heavy atom. The van der Waals surface area contributed by atoms with Crippen molar-refractivity contribution in [2.24, 2.45) is 0 Å². The Morgan fingerprint density at radius 1 is 1.63 bits per heavy atom. The molecular formula is C12H16N4O2S. The van der Waals surface area contributed by atoms with Gasteiger partial charge in [0.1, 0.15) is 16.5 Å². The van der Waals surface area contributed by atoms with Crippen molar-refractivity contribution in [2.45, 2.75) is 13.5 Å². The normalized spacial score (nSPS) is 10.4. The van der Waals surface area contributed by atoms with E-state index in [2.05, 4.69) is 10.3 Å². The van der Waals surface area contributed by atoms with Crippen LogP contribution in [0, 0.1) is 0 Å². The molecule has 0 fully saturated rings. The van der Waals surface area contributed by atoms with E-state index < -0.39 is 0 Å². The van der Waals surface area contributed by atoms with Gasteiger partial charge in [-0.3, -0.25) is 4.79 Å². The van der Waals surface area contributed by atoms with Crippen molar-refractivity contribution < 1.29 is 9.21 Å². The first-order valence-corrected chi connectivity index (χ1v) is 6.71. The molecule has 0 saturated heterocycles. The number of nitrogens with one attached hydrogen (secondary N) is 1. The molecule has 0 aliphatic rings. The molecule has 0 aliphatic carbocycles. The fourth-order valence-corrected chi connectivity index (χ4v) is 2.54. The Bertz CT molecular complexity index is 550. The smallest absolute Gasteiger partial charge is 0.268 e. The van der Waals surface area contributed by atoms with E-state index in [-0.39, 0.29) is 11.7 Å². The summed E-state index contributed by atoms with van der Waals surface area (Å²) in [6.07, 6.45) is 1.58. The van der Waals surface area contributed by atoms with Crippen molar-refractivity contribution in [1.29, 1.82) is 0 Å². The lowest BCUT2D eigenvalue weighted by atomic mass is 10.3. The number of amides is 1. The number of nitrogens with two attached hydrogens (primary N) is 1.